The molecule has 0 saturated carbocycles. The van der Waals surface area contributed by atoms with Gasteiger partial charge < -0.3 is 19.3 Å². The van der Waals surface area contributed by atoms with Gasteiger partial charge in [-0.2, -0.15) is 0 Å². The molecule has 1 fully saturated rings. The van der Waals surface area contributed by atoms with E-state index in [9.17, 15) is 4.79 Å². The number of piperazine rings is 1. The van der Waals surface area contributed by atoms with Gasteiger partial charge in [-0.25, -0.2) is 0 Å². The number of fused-ring (bicyclic) bond motifs is 1. The number of amides is 1. The van der Waals surface area contributed by atoms with Crippen LogP contribution in [0.2, 0.25) is 0 Å². The summed E-state index contributed by atoms with van der Waals surface area (Å²) < 4.78 is 11.2. The van der Waals surface area contributed by atoms with Crippen molar-refractivity contribution in [2.24, 2.45) is 0 Å². The fourth-order valence-electron chi connectivity index (χ4n) is 3.47. The van der Waals surface area contributed by atoms with Crippen LogP contribution < -0.4 is 9.47 Å². The highest BCUT2D eigenvalue weighted by Gasteiger charge is 2.31. The number of nitrogens with zero attached hydrogens (tertiary/aromatic N) is 2. The van der Waals surface area contributed by atoms with Crippen molar-refractivity contribution in [3.8, 4) is 11.5 Å². The summed E-state index contributed by atoms with van der Waals surface area (Å²) in [6.07, 6.45) is 0. The quantitative estimate of drug-likeness (QED) is 0.844. The van der Waals surface area contributed by atoms with Crippen LogP contribution in [0.25, 0.3) is 0 Å². The maximum Gasteiger partial charge on any atom is 0.254 e. The second-order valence-corrected chi connectivity index (χ2v) is 6.55. The molecule has 0 aromatic heterocycles. The highest BCUT2D eigenvalue weighted by Crippen LogP contribution is 2.33. The SMILES string of the molecule is CN1CCN(C(=O)c2ccc3c(c2)OCCO3)C(c2ccccc2)C1. The molecule has 1 amide bonds. The zero-order chi connectivity index (χ0) is 17.2. The van der Waals surface area contributed by atoms with Crippen molar-refractivity contribution in [1.29, 1.82) is 0 Å². The molecule has 0 bridgehead atoms. The monoisotopic (exact) mass is 338 g/mol. The molecule has 2 aromatic rings. The van der Waals surface area contributed by atoms with Crippen LogP contribution >= 0.6 is 0 Å². The summed E-state index contributed by atoms with van der Waals surface area (Å²) in [4.78, 5) is 17.4. The summed E-state index contributed by atoms with van der Waals surface area (Å²) in [6, 6.07) is 15.8. The first kappa shape index (κ1) is 16.0. The zero-order valence-corrected chi connectivity index (χ0v) is 14.4. The number of hydrogen-bond donors (Lipinski definition) is 0. The smallest absolute Gasteiger partial charge is 0.254 e. The van der Waals surface area contributed by atoms with E-state index in [1.165, 1.54) is 5.56 Å². The number of rotatable bonds is 2. The molecular formula is C20H22N2O3. The lowest BCUT2D eigenvalue weighted by molar-refractivity contribution is 0.0497. The topological polar surface area (TPSA) is 42.0 Å². The van der Waals surface area contributed by atoms with Crippen molar-refractivity contribution in [3.63, 3.8) is 0 Å². The standard InChI is InChI=1S/C20H22N2O3/c1-21-9-10-22(17(14-21)15-5-3-2-4-6-15)20(23)16-7-8-18-19(13-16)25-12-11-24-18/h2-8,13,17H,9-12,14H2,1H3. The van der Waals surface area contributed by atoms with Gasteiger partial charge in [0.25, 0.3) is 5.91 Å². The van der Waals surface area contributed by atoms with Crippen LogP contribution in [0.1, 0.15) is 22.0 Å². The molecule has 5 nitrogen and oxygen atoms in total. The van der Waals surface area contributed by atoms with Gasteiger partial charge in [-0.15, -0.1) is 0 Å². The Morgan fingerprint density at radius 3 is 2.56 bits per heavy atom. The van der Waals surface area contributed by atoms with Crippen LogP contribution in [0.5, 0.6) is 11.5 Å². The second-order valence-electron chi connectivity index (χ2n) is 6.55. The number of ether oxygens (including phenoxy) is 2. The Hall–Kier alpha value is -2.53. The molecule has 0 aliphatic carbocycles. The molecule has 5 heteroatoms. The van der Waals surface area contributed by atoms with E-state index in [0.717, 1.165) is 13.1 Å². The maximum atomic E-state index is 13.2. The van der Waals surface area contributed by atoms with E-state index in [2.05, 4.69) is 24.1 Å². The van der Waals surface area contributed by atoms with Crippen LogP contribution in [0.3, 0.4) is 0 Å². The van der Waals surface area contributed by atoms with Crippen molar-refractivity contribution < 1.29 is 14.3 Å². The molecule has 4 rings (SSSR count). The minimum atomic E-state index is 0.0407. The third-order valence-corrected chi connectivity index (χ3v) is 4.82. The number of hydrogen-bond acceptors (Lipinski definition) is 4. The molecule has 1 saturated heterocycles. The number of carbonyl (C=O) groups is 1. The average Bonchev–Trinajstić information content (AvgIpc) is 2.67. The van der Waals surface area contributed by atoms with Crippen molar-refractivity contribution in [3.05, 3.63) is 59.7 Å². The van der Waals surface area contributed by atoms with Crippen LogP contribution in [0.15, 0.2) is 48.5 Å². The van der Waals surface area contributed by atoms with Crippen molar-refractivity contribution in [1.82, 2.24) is 9.80 Å². The molecule has 2 aliphatic rings. The third-order valence-electron chi connectivity index (χ3n) is 4.82. The molecule has 1 atom stereocenters. The van der Waals surface area contributed by atoms with Gasteiger partial charge in [0.2, 0.25) is 0 Å². The molecule has 25 heavy (non-hydrogen) atoms. The van der Waals surface area contributed by atoms with E-state index in [-0.39, 0.29) is 11.9 Å². The third kappa shape index (κ3) is 3.20. The van der Waals surface area contributed by atoms with E-state index >= 15 is 0 Å². The zero-order valence-electron chi connectivity index (χ0n) is 14.4. The van der Waals surface area contributed by atoms with E-state index in [4.69, 9.17) is 9.47 Å². The highest BCUT2D eigenvalue weighted by molar-refractivity contribution is 5.95. The Labute approximate surface area is 147 Å². The number of likely N-dealkylation sites (N-methyl/N-ethyl adjacent to an activating group) is 1. The summed E-state index contributed by atoms with van der Waals surface area (Å²) in [6.45, 7) is 3.49. The Morgan fingerprint density at radius 2 is 1.76 bits per heavy atom. The van der Waals surface area contributed by atoms with Gasteiger partial charge in [0, 0.05) is 25.2 Å². The molecule has 0 spiro atoms. The Kier molecular flexibility index (Phi) is 4.32. The fourth-order valence-corrected chi connectivity index (χ4v) is 3.47. The lowest BCUT2D eigenvalue weighted by atomic mass is 10.0. The molecule has 2 heterocycles. The van der Waals surface area contributed by atoms with Crippen LogP contribution in [-0.2, 0) is 0 Å². The maximum absolute atomic E-state index is 13.2. The first-order chi connectivity index (χ1) is 12.2. The van der Waals surface area contributed by atoms with E-state index in [0.29, 0.717) is 36.8 Å². The van der Waals surface area contributed by atoms with Crippen LogP contribution in [0, 0.1) is 0 Å². The fraction of sp³-hybridized carbons (Fsp3) is 0.350. The predicted molar refractivity (Wildman–Crippen MR) is 95.1 cm³/mol. The summed E-state index contributed by atoms with van der Waals surface area (Å²) in [5, 5.41) is 0. The summed E-state index contributed by atoms with van der Waals surface area (Å²) in [5.41, 5.74) is 1.81. The van der Waals surface area contributed by atoms with Crippen molar-refractivity contribution >= 4 is 5.91 Å². The summed E-state index contributed by atoms with van der Waals surface area (Å²) >= 11 is 0. The lowest BCUT2D eigenvalue weighted by Crippen LogP contribution is -2.49. The highest BCUT2D eigenvalue weighted by atomic mass is 16.6. The summed E-state index contributed by atoms with van der Waals surface area (Å²) in [5.74, 6) is 1.40. The van der Waals surface area contributed by atoms with Gasteiger partial charge in [-0.3, -0.25) is 4.79 Å². The largest absolute Gasteiger partial charge is 0.486 e. The van der Waals surface area contributed by atoms with Gasteiger partial charge in [0.15, 0.2) is 11.5 Å². The molecular weight excluding hydrogens is 316 g/mol. The molecule has 1 unspecified atom stereocenters. The minimum absolute atomic E-state index is 0.0407. The van der Waals surface area contributed by atoms with Gasteiger partial charge in [0.05, 0.1) is 6.04 Å². The molecule has 2 aliphatic heterocycles. The predicted octanol–water partition coefficient (Wildman–Crippen LogP) is 2.59. The summed E-state index contributed by atoms with van der Waals surface area (Å²) in [7, 11) is 2.10. The molecule has 0 N–H and O–H groups in total. The Morgan fingerprint density at radius 1 is 1.00 bits per heavy atom. The Balaban J connectivity index is 1.63. The van der Waals surface area contributed by atoms with Crippen LogP contribution in [0.4, 0.5) is 0 Å². The molecule has 0 radical (unpaired) electrons. The second kappa shape index (κ2) is 6.76. The minimum Gasteiger partial charge on any atom is -0.486 e. The molecule has 130 valence electrons. The number of benzene rings is 2. The number of carbonyl (C=O) groups excluding carboxylic acids is 1. The van der Waals surface area contributed by atoms with Crippen molar-refractivity contribution in [2.45, 2.75) is 6.04 Å². The van der Waals surface area contributed by atoms with Crippen LogP contribution in [-0.4, -0.2) is 55.6 Å². The van der Waals surface area contributed by atoms with Gasteiger partial charge in [0.1, 0.15) is 13.2 Å². The molecule has 2 aromatic carbocycles. The van der Waals surface area contributed by atoms with E-state index < -0.39 is 0 Å². The van der Waals surface area contributed by atoms with Gasteiger partial charge >= 0.3 is 0 Å². The normalized spacial score (nSPS) is 20.4. The first-order valence-electron chi connectivity index (χ1n) is 8.66. The first-order valence-corrected chi connectivity index (χ1v) is 8.66. The lowest BCUT2D eigenvalue weighted by Gasteiger charge is -2.40. The van der Waals surface area contributed by atoms with Gasteiger partial charge in [-0.05, 0) is 30.8 Å². The average molecular weight is 338 g/mol. The van der Waals surface area contributed by atoms with E-state index in [1.807, 2.05) is 35.2 Å². The van der Waals surface area contributed by atoms with Gasteiger partial charge in [-0.1, -0.05) is 30.3 Å². The van der Waals surface area contributed by atoms with E-state index in [1.54, 1.807) is 6.07 Å². The van der Waals surface area contributed by atoms with Crippen molar-refractivity contribution in [2.75, 3.05) is 39.9 Å². The Bertz CT molecular complexity index is 763.